The zero-order valence-corrected chi connectivity index (χ0v) is 6.52. The largest absolute Gasteiger partial charge is 0.384 e. The minimum absolute atomic E-state index is 1.21. The normalized spacial score (nSPS) is 15.8. The van der Waals surface area contributed by atoms with Crippen molar-refractivity contribution >= 4 is 8.07 Å². The predicted octanol–water partition coefficient (Wildman–Crippen LogP) is 0.859. The fraction of sp³-hybridized carbons (Fsp3) is 0.667. The zero-order valence-electron chi connectivity index (χ0n) is 6.52. The van der Waals surface area contributed by atoms with Crippen molar-refractivity contribution < 1.29 is 6.48 Å². The molecule has 1 nitrogen and oxygen atoms in total. The molecule has 0 bridgehead atoms. The minimum atomic E-state index is -1.36. The van der Waals surface area contributed by atoms with E-state index in [-0.39, 0.29) is 0 Å². The van der Waals surface area contributed by atoms with Gasteiger partial charge < -0.3 is 5.11 Å². The maximum absolute atomic E-state index is 8.43. The highest BCUT2D eigenvalue weighted by Crippen LogP contribution is 1.95. The van der Waals surface area contributed by atoms with Crippen LogP contribution in [0.4, 0.5) is 0 Å². The van der Waals surface area contributed by atoms with Crippen molar-refractivity contribution in [3.05, 3.63) is 0 Å². The van der Waals surface area contributed by atoms with Gasteiger partial charge in [-0.05, 0) is 0 Å². The zero-order chi connectivity index (χ0) is 7.49. The van der Waals surface area contributed by atoms with E-state index in [1.165, 1.54) is 0 Å². The summed E-state index contributed by atoms with van der Waals surface area (Å²) in [5.41, 5.74) is 2.87. The second-order valence-corrected chi connectivity index (χ2v) is 7.40. The van der Waals surface area contributed by atoms with Crippen LogP contribution in [0.3, 0.4) is 0 Å². The highest BCUT2D eigenvalue weighted by molar-refractivity contribution is 6.83. The summed E-state index contributed by atoms with van der Waals surface area (Å²) in [5, 5.41) is 8.43. The number of aliphatic hydroxyl groups is 1. The third-order valence-electron chi connectivity index (χ3n) is 0.512. The topological polar surface area (TPSA) is 20.2 Å². The average Bonchev–Trinajstić information content (AvgIpc) is 1.59. The molecule has 0 aliphatic heterocycles. The Morgan fingerprint density at radius 1 is 1.62 bits per heavy atom. The molecule has 0 saturated heterocycles. The van der Waals surface area contributed by atoms with Gasteiger partial charge in [-0.15, -0.1) is 5.54 Å². The Morgan fingerprint density at radius 3 is 2.25 bits per heavy atom. The summed E-state index contributed by atoms with van der Waals surface area (Å²) in [6.07, 6.45) is 0. The molecule has 0 aromatic heterocycles. The second kappa shape index (κ2) is 2.90. The highest BCUT2D eigenvalue weighted by Gasteiger charge is 2.06. The molecule has 8 heavy (non-hydrogen) atoms. The highest BCUT2D eigenvalue weighted by atomic mass is 28.3. The van der Waals surface area contributed by atoms with Gasteiger partial charge >= 0.3 is 0 Å². The van der Waals surface area contributed by atoms with Crippen LogP contribution < -0.4 is 0 Å². The Hall–Kier alpha value is -0.263. The van der Waals surface area contributed by atoms with E-state index in [1.54, 1.807) is 0 Å². The van der Waals surface area contributed by atoms with Crippen LogP contribution in [0.1, 0.15) is 1.37 Å². The van der Waals surface area contributed by atoms with Gasteiger partial charge in [-0.3, -0.25) is 0 Å². The maximum atomic E-state index is 8.43. The molecule has 0 amide bonds. The van der Waals surface area contributed by atoms with Crippen molar-refractivity contribution in [2.75, 3.05) is 6.58 Å². The molecule has 2 heteroatoms. The Labute approximate surface area is 53.1 Å². The van der Waals surface area contributed by atoms with E-state index in [0.29, 0.717) is 0 Å². The van der Waals surface area contributed by atoms with Crippen molar-refractivity contribution in [2.45, 2.75) is 19.6 Å². The van der Waals surface area contributed by atoms with Crippen LogP contribution in [0.25, 0.3) is 0 Å². The van der Waals surface area contributed by atoms with E-state index in [9.17, 15) is 0 Å². The van der Waals surface area contributed by atoms with E-state index >= 15 is 0 Å². The van der Waals surface area contributed by atoms with E-state index in [2.05, 4.69) is 31.1 Å². The lowest BCUT2D eigenvalue weighted by Crippen LogP contribution is -2.16. The molecule has 1 atom stereocenters. The number of aliphatic hydroxyl groups excluding tert-OH is 1. The van der Waals surface area contributed by atoms with Crippen LogP contribution in [-0.2, 0) is 0 Å². The number of hydrogen-bond donors (Lipinski definition) is 1. The van der Waals surface area contributed by atoms with Crippen molar-refractivity contribution in [3.8, 4) is 11.5 Å². The van der Waals surface area contributed by atoms with Gasteiger partial charge in [-0.2, -0.15) is 0 Å². The summed E-state index contributed by atoms with van der Waals surface area (Å²) < 4.78 is 6.66. The van der Waals surface area contributed by atoms with Gasteiger partial charge in [0, 0.05) is 0 Å². The van der Waals surface area contributed by atoms with Crippen molar-refractivity contribution in [1.29, 1.82) is 0 Å². The quantitative estimate of drug-likeness (QED) is 0.380. The summed E-state index contributed by atoms with van der Waals surface area (Å²) in [4.78, 5) is 0. The molecule has 0 aliphatic rings. The van der Waals surface area contributed by atoms with E-state index < -0.39 is 14.7 Å². The van der Waals surface area contributed by atoms with E-state index in [0.717, 1.165) is 0 Å². The first-order chi connectivity index (χ1) is 3.92. The van der Waals surface area contributed by atoms with Crippen molar-refractivity contribution in [2.24, 2.45) is 0 Å². The first kappa shape index (κ1) is 5.87. The van der Waals surface area contributed by atoms with Gasteiger partial charge in [0.15, 0.2) is 0 Å². The van der Waals surface area contributed by atoms with Crippen molar-refractivity contribution in [1.82, 2.24) is 0 Å². The standard InChI is InChI=1S/C6H12OSi/c1-8(2,3)6-4-5-7/h7H,5H2,1-3H3/i5D. The third-order valence-corrected chi connectivity index (χ3v) is 1.41. The Bertz CT molecular complexity index is 137. The molecular weight excluding hydrogens is 116 g/mol. The lowest BCUT2D eigenvalue weighted by atomic mass is 10.8. The summed E-state index contributed by atoms with van der Waals surface area (Å²) in [5.74, 6) is 2.42. The molecule has 0 aromatic carbocycles. The SMILES string of the molecule is [2H]C(O)C#C[Si](C)(C)C. The molecule has 46 valence electrons. The smallest absolute Gasteiger partial charge is 0.129 e. The summed E-state index contributed by atoms with van der Waals surface area (Å²) >= 11 is 0. The lowest BCUT2D eigenvalue weighted by Gasteiger charge is -2.02. The second-order valence-electron chi connectivity index (χ2n) is 2.65. The number of hydrogen-bond acceptors (Lipinski definition) is 1. The molecule has 0 aromatic rings. The van der Waals surface area contributed by atoms with Crippen LogP contribution in [0, 0.1) is 11.5 Å². The molecule has 1 N–H and O–H groups in total. The molecule has 1 unspecified atom stereocenters. The van der Waals surface area contributed by atoms with Gasteiger partial charge in [-0.1, -0.05) is 25.6 Å². The predicted molar refractivity (Wildman–Crippen MR) is 38.2 cm³/mol. The van der Waals surface area contributed by atoms with Gasteiger partial charge in [-0.25, -0.2) is 0 Å². The van der Waals surface area contributed by atoms with Crippen LogP contribution in [0.2, 0.25) is 19.6 Å². The first-order valence-electron chi connectivity index (χ1n) is 3.12. The van der Waals surface area contributed by atoms with Crippen LogP contribution in [-0.4, -0.2) is 19.8 Å². The van der Waals surface area contributed by atoms with Gasteiger partial charge in [0.2, 0.25) is 0 Å². The molecule has 0 heterocycles. The molecule has 0 saturated carbocycles. The Balaban J connectivity index is 3.88. The minimum Gasteiger partial charge on any atom is -0.384 e. The van der Waals surface area contributed by atoms with Crippen LogP contribution in [0.5, 0.6) is 0 Å². The summed E-state index contributed by atoms with van der Waals surface area (Å²) in [7, 11) is -1.36. The molecule has 0 rings (SSSR count). The monoisotopic (exact) mass is 129 g/mol. The Morgan fingerprint density at radius 2 is 2.12 bits per heavy atom. The molecule has 0 aliphatic carbocycles. The average molecular weight is 129 g/mol. The van der Waals surface area contributed by atoms with Gasteiger partial charge in [0.25, 0.3) is 0 Å². The molecule has 0 fully saturated rings. The van der Waals surface area contributed by atoms with Crippen molar-refractivity contribution in [3.63, 3.8) is 0 Å². The Kier molecular flexibility index (Phi) is 2.13. The van der Waals surface area contributed by atoms with Crippen LogP contribution in [0.15, 0.2) is 0 Å². The third kappa shape index (κ3) is 5.74. The van der Waals surface area contributed by atoms with Gasteiger partial charge in [0.05, 0.1) is 1.37 Å². The van der Waals surface area contributed by atoms with E-state index in [4.69, 9.17) is 6.48 Å². The fourth-order valence-corrected chi connectivity index (χ4v) is 0.746. The molecular formula is C6H12OSi. The van der Waals surface area contributed by atoms with E-state index in [1.807, 2.05) is 0 Å². The first-order valence-corrected chi connectivity index (χ1v) is 6.05. The lowest BCUT2D eigenvalue weighted by molar-refractivity contribution is 0.350. The summed E-state index contributed by atoms with van der Waals surface area (Å²) in [6, 6.07) is 0. The van der Waals surface area contributed by atoms with Crippen LogP contribution >= 0.6 is 0 Å². The summed E-state index contributed by atoms with van der Waals surface area (Å²) in [6.45, 7) is 5.00. The molecule has 0 radical (unpaired) electrons. The fourth-order valence-electron chi connectivity index (χ4n) is 0.249. The molecule has 0 spiro atoms. The number of rotatable bonds is 0. The van der Waals surface area contributed by atoms with Gasteiger partial charge in [0.1, 0.15) is 14.7 Å². The maximum Gasteiger partial charge on any atom is 0.129 e.